The number of aromatic nitrogens is 1. The summed E-state index contributed by atoms with van der Waals surface area (Å²) in [5.74, 6) is -0.526. The molecule has 1 unspecified atom stereocenters. The first-order valence-corrected chi connectivity index (χ1v) is 9.95. The predicted octanol–water partition coefficient (Wildman–Crippen LogP) is 4.63. The Hall–Kier alpha value is -2.13. The fraction of sp³-hybridized carbons (Fsp3) is 0.316. The number of aliphatic hydroxyl groups excluding tert-OH is 1. The zero-order chi connectivity index (χ0) is 21.4. The van der Waals surface area contributed by atoms with Crippen LogP contribution in [-0.2, 0) is 25.7 Å². The van der Waals surface area contributed by atoms with Crippen molar-refractivity contribution >= 4 is 52.0 Å². The van der Waals surface area contributed by atoms with Crippen molar-refractivity contribution in [1.82, 2.24) is 4.37 Å². The van der Waals surface area contributed by atoms with Gasteiger partial charge in [0.1, 0.15) is 12.2 Å². The third kappa shape index (κ3) is 6.17. The minimum Gasteiger partial charge on any atom is -0.503 e. The highest BCUT2D eigenvalue weighted by Gasteiger charge is 2.19. The number of oxime groups is 1. The van der Waals surface area contributed by atoms with Gasteiger partial charge in [-0.1, -0.05) is 52.6 Å². The quantitative estimate of drug-likeness (QED) is 0.193. The van der Waals surface area contributed by atoms with Crippen molar-refractivity contribution in [2.24, 2.45) is 5.16 Å². The zero-order valence-electron chi connectivity index (χ0n) is 16.0. The Kier molecular flexibility index (Phi) is 8.91. The maximum Gasteiger partial charge on any atom is 0.341 e. The Bertz CT molecular complexity index is 914. The summed E-state index contributed by atoms with van der Waals surface area (Å²) in [4.78, 5) is 17.9. The fourth-order valence-electron chi connectivity index (χ4n) is 2.46. The summed E-state index contributed by atoms with van der Waals surface area (Å²) < 4.78 is 13.7. The number of methoxy groups -OCH3 is 2. The molecular weight excluding hydrogens is 439 g/mol. The summed E-state index contributed by atoms with van der Waals surface area (Å²) in [7, 11) is 2.75. The van der Waals surface area contributed by atoms with Crippen LogP contribution in [0.5, 0.6) is 0 Å². The Balaban J connectivity index is 2.07. The molecule has 0 bridgehead atoms. The third-order valence-corrected chi connectivity index (χ3v) is 5.71. The van der Waals surface area contributed by atoms with E-state index in [9.17, 15) is 9.90 Å². The van der Waals surface area contributed by atoms with Crippen LogP contribution in [0.3, 0.4) is 0 Å². The van der Waals surface area contributed by atoms with E-state index in [-0.39, 0.29) is 28.8 Å². The lowest BCUT2D eigenvalue weighted by Gasteiger charge is -2.11. The van der Waals surface area contributed by atoms with Crippen LogP contribution >= 0.6 is 34.7 Å². The second-order valence-corrected chi connectivity index (χ2v) is 7.43. The van der Waals surface area contributed by atoms with Crippen molar-refractivity contribution in [2.75, 3.05) is 14.2 Å². The van der Waals surface area contributed by atoms with Gasteiger partial charge >= 0.3 is 5.97 Å². The van der Waals surface area contributed by atoms with E-state index in [4.69, 9.17) is 37.5 Å². The second-order valence-electron chi connectivity index (χ2n) is 5.89. The lowest BCUT2D eigenvalue weighted by Crippen LogP contribution is -2.07. The highest BCUT2D eigenvalue weighted by Crippen LogP contribution is 2.34. The summed E-state index contributed by atoms with van der Waals surface area (Å²) in [6.07, 6.45) is 0.638. The lowest BCUT2D eigenvalue weighted by molar-refractivity contribution is -0.133. The van der Waals surface area contributed by atoms with Crippen LogP contribution in [-0.4, -0.2) is 35.4 Å². The molecule has 0 saturated carbocycles. The molecule has 0 fully saturated rings. The monoisotopic (exact) mass is 458 g/mol. The molecule has 7 nitrogen and oxygen atoms in total. The highest BCUT2D eigenvalue weighted by atomic mass is 35.5. The first kappa shape index (κ1) is 23.2. The van der Waals surface area contributed by atoms with E-state index in [0.29, 0.717) is 16.2 Å². The highest BCUT2D eigenvalue weighted by molar-refractivity contribution is 7.07. The average molecular weight is 459 g/mol. The van der Waals surface area contributed by atoms with Crippen molar-refractivity contribution in [1.29, 1.82) is 0 Å². The maximum absolute atomic E-state index is 12.0. The van der Waals surface area contributed by atoms with E-state index in [0.717, 1.165) is 17.1 Å². The number of carbonyl (C=O) groups is 1. The molecule has 0 spiro atoms. The minimum atomic E-state index is -0.886. The van der Waals surface area contributed by atoms with Crippen molar-refractivity contribution in [3.63, 3.8) is 0 Å². The maximum atomic E-state index is 12.0. The SMILES string of the molecule is CO/C=C(/C(=O)OC)c1ccccc1CO/N=C(\C)CC(O)c1snc(Cl)c1Cl. The van der Waals surface area contributed by atoms with Gasteiger partial charge in [0.25, 0.3) is 0 Å². The lowest BCUT2D eigenvalue weighted by atomic mass is 10.0. The largest absolute Gasteiger partial charge is 0.503 e. The van der Waals surface area contributed by atoms with Gasteiger partial charge in [0.05, 0.1) is 42.2 Å². The summed E-state index contributed by atoms with van der Waals surface area (Å²) in [6.45, 7) is 1.82. The molecule has 1 atom stereocenters. The van der Waals surface area contributed by atoms with Crippen molar-refractivity contribution in [2.45, 2.75) is 26.1 Å². The Morgan fingerprint density at radius 2 is 2.07 bits per heavy atom. The molecule has 0 saturated heterocycles. The molecule has 1 heterocycles. The van der Waals surface area contributed by atoms with Gasteiger partial charge in [-0.05, 0) is 24.0 Å². The van der Waals surface area contributed by atoms with Crippen LogP contribution in [0.2, 0.25) is 10.2 Å². The van der Waals surface area contributed by atoms with Crippen LogP contribution in [0, 0.1) is 0 Å². The van der Waals surface area contributed by atoms with E-state index < -0.39 is 12.1 Å². The summed E-state index contributed by atoms with van der Waals surface area (Å²) in [5.41, 5.74) is 2.15. The summed E-state index contributed by atoms with van der Waals surface area (Å²) in [6, 6.07) is 7.18. The van der Waals surface area contributed by atoms with Gasteiger partial charge in [0.2, 0.25) is 0 Å². The van der Waals surface area contributed by atoms with Gasteiger partial charge < -0.3 is 19.4 Å². The van der Waals surface area contributed by atoms with E-state index in [1.54, 1.807) is 25.1 Å². The van der Waals surface area contributed by atoms with E-state index in [2.05, 4.69) is 9.53 Å². The Morgan fingerprint density at radius 1 is 1.34 bits per heavy atom. The molecule has 156 valence electrons. The molecule has 0 aliphatic rings. The van der Waals surface area contributed by atoms with Gasteiger partial charge in [-0.25, -0.2) is 4.79 Å². The number of carbonyl (C=O) groups excluding carboxylic acids is 1. The molecule has 29 heavy (non-hydrogen) atoms. The Labute approximate surface area is 182 Å². The molecule has 0 amide bonds. The molecule has 1 aromatic heterocycles. The number of ether oxygens (including phenoxy) is 2. The fourth-order valence-corrected chi connectivity index (χ4v) is 3.69. The van der Waals surface area contributed by atoms with Crippen molar-refractivity contribution in [3.05, 3.63) is 56.7 Å². The zero-order valence-corrected chi connectivity index (χ0v) is 18.3. The number of benzene rings is 1. The van der Waals surface area contributed by atoms with Crippen LogP contribution in [0.1, 0.15) is 35.5 Å². The molecule has 0 aliphatic carbocycles. The smallest absolute Gasteiger partial charge is 0.341 e. The third-order valence-electron chi connectivity index (χ3n) is 3.80. The van der Waals surface area contributed by atoms with Crippen LogP contribution < -0.4 is 0 Å². The van der Waals surface area contributed by atoms with Gasteiger partial charge in [-0.2, -0.15) is 4.37 Å². The van der Waals surface area contributed by atoms with Crippen LogP contribution in [0.4, 0.5) is 0 Å². The summed E-state index contributed by atoms with van der Waals surface area (Å²) in [5, 5.41) is 14.7. The van der Waals surface area contributed by atoms with Crippen LogP contribution in [0.25, 0.3) is 5.57 Å². The molecule has 1 N–H and O–H groups in total. The second kappa shape index (κ2) is 11.2. The number of esters is 1. The molecule has 2 rings (SSSR count). The van der Waals surface area contributed by atoms with Gasteiger partial charge in [-0.15, -0.1) is 0 Å². The van der Waals surface area contributed by atoms with Gasteiger partial charge in [0, 0.05) is 12.0 Å². The standard InChI is InChI=1S/C19H20Cl2N2O5S/c1-11(8-15(24)17-16(20)18(21)23-29-17)22-28-9-12-6-4-5-7-13(12)14(10-26-2)19(25)27-3/h4-7,10,15,24H,8-9H2,1-3H3/b14-10+,22-11+. The number of nitrogens with zero attached hydrogens (tertiary/aromatic N) is 2. The first-order chi connectivity index (χ1) is 13.9. The molecule has 2 aromatic rings. The summed E-state index contributed by atoms with van der Waals surface area (Å²) >= 11 is 12.9. The van der Waals surface area contributed by atoms with E-state index >= 15 is 0 Å². The average Bonchev–Trinajstić information content (AvgIpc) is 3.04. The van der Waals surface area contributed by atoms with Crippen LogP contribution in [0.15, 0.2) is 35.7 Å². The predicted molar refractivity (Wildman–Crippen MR) is 113 cm³/mol. The van der Waals surface area contributed by atoms with Gasteiger partial charge in [0.15, 0.2) is 5.15 Å². The number of aliphatic hydroxyl groups is 1. The van der Waals surface area contributed by atoms with Gasteiger partial charge in [-0.3, -0.25) is 0 Å². The van der Waals surface area contributed by atoms with Crippen molar-refractivity contribution < 1.29 is 24.2 Å². The number of halogens is 2. The molecular formula is C19H20Cl2N2O5S. The molecule has 1 aromatic carbocycles. The normalized spacial score (nSPS) is 13.2. The minimum absolute atomic E-state index is 0.106. The Morgan fingerprint density at radius 3 is 2.69 bits per heavy atom. The molecule has 10 heteroatoms. The number of rotatable bonds is 9. The number of hydrogen-bond acceptors (Lipinski definition) is 8. The molecule has 0 aliphatic heterocycles. The topological polar surface area (TPSA) is 90.2 Å². The van der Waals surface area contributed by atoms with Crippen molar-refractivity contribution in [3.8, 4) is 0 Å². The molecule has 0 radical (unpaired) electrons. The van der Waals surface area contributed by atoms with E-state index in [1.807, 2.05) is 6.07 Å². The first-order valence-electron chi connectivity index (χ1n) is 8.42. The number of hydrogen-bond donors (Lipinski definition) is 1. The van der Waals surface area contributed by atoms with E-state index in [1.165, 1.54) is 20.5 Å².